The monoisotopic (exact) mass is 160 g/mol. The fourth-order valence-corrected chi connectivity index (χ4v) is 0.527. The molecule has 0 heterocycles. The highest BCUT2D eigenvalue weighted by molar-refractivity contribution is 5.93. The fourth-order valence-electron chi connectivity index (χ4n) is 0.527. The van der Waals surface area contributed by atoms with Crippen LogP contribution >= 0.6 is 0 Å². The van der Waals surface area contributed by atoms with Crippen LogP contribution in [0.25, 0.3) is 0 Å². The van der Waals surface area contributed by atoms with Crippen LogP contribution in [0.4, 0.5) is 0 Å². The zero-order valence-corrected chi connectivity index (χ0v) is 5.91. The van der Waals surface area contributed by atoms with Crippen molar-refractivity contribution < 1.29 is 19.8 Å². The third-order valence-electron chi connectivity index (χ3n) is 1.12. The summed E-state index contributed by atoms with van der Waals surface area (Å²) < 4.78 is 0. The van der Waals surface area contributed by atoms with Crippen molar-refractivity contribution in [1.29, 1.82) is 0 Å². The van der Waals surface area contributed by atoms with E-state index in [0.29, 0.717) is 6.54 Å². The van der Waals surface area contributed by atoms with E-state index in [4.69, 9.17) is 10.2 Å². The standard InChI is InChI=1S/C6H10NO4/c1-2-7-3-4(5(8)9)6(10)11/h4,7H,1-3H2,(H,8,9)(H,10,11). The summed E-state index contributed by atoms with van der Waals surface area (Å²) in [6.07, 6.45) is 0. The van der Waals surface area contributed by atoms with E-state index in [-0.39, 0.29) is 6.54 Å². The average molecular weight is 160 g/mol. The highest BCUT2D eigenvalue weighted by Gasteiger charge is 2.24. The Morgan fingerprint density at radius 1 is 1.36 bits per heavy atom. The van der Waals surface area contributed by atoms with Crippen LogP contribution < -0.4 is 5.32 Å². The van der Waals surface area contributed by atoms with Gasteiger partial charge in [0, 0.05) is 6.54 Å². The second-order valence-corrected chi connectivity index (χ2v) is 1.93. The molecule has 0 fully saturated rings. The average Bonchev–Trinajstić information content (AvgIpc) is 1.87. The first-order valence-electron chi connectivity index (χ1n) is 3.05. The van der Waals surface area contributed by atoms with Crippen molar-refractivity contribution in [3.8, 4) is 0 Å². The maximum Gasteiger partial charge on any atom is 0.319 e. The molecule has 0 aromatic rings. The van der Waals surface area contributed by atoms with E-state index in [1.807, 2.05) is 0 Å². The minimum Gasteiger partial charge on any atom is -0.481 e. The van der Waals surface area contributed by atoms with E-state index in [2.05, 4.69) is 12.2 Å². The van der Waals surface area contributed by atoms with Crippen LogP contribution in [0.15, 0.2) is 0 Å². The molecule has 0 aliphatic rings. The smallest absolute Gasteiger partial charge is 0.319 e. The van der Waals surface area contributed by atoms with Crippen LogP contribution in [0, 0.1) is 12.8 Å². The summed E-state index contributed by atoms with van der Waals surface area (Å²) >= 11 is 0. The van der Waals surface area contributed by atoms with Crippen molar-refractivity contribution in [2.24, 2.45) is 5.92 Å². The van der Waals surface area contributed by atoms with Crippen LogP contribution in [0.1, 0.15) is 0 Å². The van der Waals surface area contributed by atoms with Gasteiger partial charge in [0.2, 0.25) is 0 Å². The Morgan fingerprint density at radius 3 is 2.09 bits per heavy atom. The molecular formula is C6H10NO4. The lowest BCUT2D eigenvalue weighted by Crippen LogP contribution is -2.34. The molecule has 0 saturated carbocycles. The van der Waals surface area contributed by atoms with Crippen molar-refractivity contribution in [2.75, 3.05) is 13.1 Å². The van der Waals surface area contributed by atoms with E-state index in [1.54, 1.807) is 0 Å². The van der Waals surface area contributed by atoms with Gasteiger partial charge in [-0.2, -0.15) is 0 Å². The van der Waals surface area contributed by atoms with Gasteiger partial charge in [0.05, 0.1) is 0 Å². The normalized spacial score (nSPS) is 10.0. The van der Waals surface area contributed by atoms with Gasteiger partial charge in [0.25, 0.3) is 0 Å². The Bertz CT molecular complexity index is 143. The van der Waals surface area contributed by atoms with Gasteiger partial charge < -0.3 is 15.5 Å². The highest BCUT2D eigenvalue weighted by atomic mass is 16.4. The van der Waals surface area contributed by atoms with E-state index in [9.17, 15) is 9.59 Å². The van der Waals surface area contributed by atoms with Gasteiger partial charge in [-0.3, -0.25) is 9.59 Å². The molecule has 0 unspecified atom stereocenters. The molecule has 11 heavy (non-hydrogen) atoms. The molecule has 0 saturated heterocycles. The number of carbonyl (C=O) groups is 2. The molecule has 0 aliphatic heterocycles. The first-order valence-corrected chi connectivity index (χ1v) is 3.05. The molecule has 1 radical (unpaired) electrons. The summed E-state index contributed by atoms with van der Waals surface area (Å²) in [6.45, 7) is 3.61. The van der Waals surface area contributed by atoms with Crippen molar-refractivity contribution >= 4 is 11.9 Å². The molecular weight excluding hydrogens is 150 g/mol. The topological polar surface area (TPSA) is 86.6 Å². The van der Waals surface area contributed by atoms with E-state index in [0.717, 1.165) is 0 Å². The lowest BCUT2D eigenvalue weighted by molar-refractivity contribution is -0.154. The maximum absolute atomic E-state index is 10.2. The molecule has 0 amide bonds. The predicted octanol–water partition coefficient (Wildman–Crippen LogP) is -0.805. The Morgan fingerprint density at radius 2 is 1.82 bits per heavy atom. The number of carboxylic acid groups (broad SMARTS) is 2. The molecule has 0 atom stereocenters. The van der Waals surface area contributed by atoms with Gasteiger partial charge in [-0.25, -0.2) is 0 Å². The third kappa shape index (κ3) is 3.57. The largest absolute Gasteiger partial charge is 0.481 e. The lowest BCUT2D eigenvalue weighted by atomic mass is 10.1. The van der Waals surface area contributed by atoms with Crippen LogP contribution in [0.2, 0.25) is 0 Å². The minimum absolute atomic E-state index is 0.0891. The molecule has 0 aliphatic carbocycles. The third-order valence-corrected chi connectivity index (χ3v) is 1.12. The molecule has 0 bridgehead atoms. The van der Waals surface area contributed by atoms with E-state index in [1.165, 1.54) is 0 Å². The van der Waals surface area contributed by atoms with Crippen LogP contribution in [-0.4, -0.2) is 35.2 Å². The van der Waals surface area contributed by atoms with Crippen LogP contribution in [-0.2, 0) is 9.59 Å². The van der Waals surface area contributed by atoms with Gasteiger partial charge >= 0.3 is 11.9 Å². The van der Waals surface area contributed by atoms with Gasteiger partial charge in [0.1, 0.15) is 0 Å². The Kier molecular flexibility index (Phi) is 4.21. The van der Waals surface area contributed by atoms with E-state index >= 15 is 0 Å². The summed E-state index contributed by atoms with van der Waals surface area (Å²) in [7, 11) is 0. The molecule has 0 aromatic carbocycles. The number of hydrogen-bond acceptors (Lipinski definition) is 3. The zero-order chi connectivity index (χ0) is 8.85. The quantitative estimate of drug-likeness (QED) is 0.458. The molecule has 0 spiro atoms. The van der Waals surface area contributed by atoms with Crippen LogP contribution in [0.3, 0.4) is 0 Å². The number of carboxylic acids is 2. The number of hydrogen-bond donors (Lipinski definition) is 3. The molecule has 5 nitrogen and oxygen atoms in total. The minimum atomic E-state index is -1.38. The van der Waals surface area contributed by atoms with Crippen LogP contribution in [0.5, 0.6) is 0 Å². The van der Waals surface area contributed by atoms with Gasteiger partial charge in [-0.05, 0) is 13.5 Å². The molecule has 0 aromatic heterocycles. The Labute approximate surface area is 64.0 Å². The first kappa shape index (κ1) is 9.90. The van der Waals surface area contributed by atoms with Crippen molar-refractivity contribution in [3.63, 3.8) is 0 Å². The maximum atomic E-state index is 10.2. The number of aliphatic carboxylic acids is 2. The Balaban J connectivity index is 3.90. The number of rotatable bonds is 5. The van der Waals surface area contributed by atoms with Gasteiger partial charge in [0.15, 0.2) is 5.92 Å². The first-order chi connectivity index (χ1) is 5.09. The van der Waals surface area contributed by atoms with Crippen molar-refractivity contribution in [2.45, 2.75) is 0 Å². The predicted molar refractivity (Wildman–Crippen MR) is 37.0 cm³/mol. The second kappa shape index (κ2) is 4.68. The summed E-state index contributed by atoms with van der Waals surface area (Å²) in [5, 5.41) is 19.2. The highest BCUT2D eigenvalue weighted by Crippen LogP contribution is 1.93. The van der Waals surface area contributed by atoms with Gasteiger partial charge in [-0.1, -0.05) is 0 Å². The van der Waals surface area contributed by atoms with Crippen molar-refractivity contribution in [1.82, 2.24) is 5.32 Å². The van der Waals surface area contributed by atoms with E-state index < -0.39 is 17.9 Å². The lowest BCUT2D eigenvalue weighted by Gasteiger charge is -2.06. The summed E-state index contributed by atoms with van der Waals surface area (Å²) in [5.74, 6) is -4.05. The summed E-state index contributed by atoms with van der Waals surface area (Å²) in [5.41, 5.74) is 0. The van der Waals surface area contributed by atoms with Crippen molar-refractivity contribution in [3.05, 3.63) is 6.92 Å². The molecule has 5 heteroatoms. The number of nitrogens with one attached hydrogen (secondary N) is 1. The Hall–Kier alpha value is -1.10. The molecule has 0 rings (SSSR count). The van der Waals surface area contributed by atoms with Gasteiger partial charge in [-0.15, -0.1) is 0 Å². The summed E-state index contributed by atoms with van der Waals surface area (Å²) in [6, 6.07) is 0. The molecule has 63 valence electrons. The zero-order valence-electron chi connectivity index (χ0n) is 5.91. The second-order valence-electron chi connectivity index (χ2n) is 1.93. The molecule has 3 N–H and O–H groups in total. The summed E-state index contributed by atoms with van der Waals surface area (Å²) in [4.78, 5) is 20.4. The fraction of sp³-hybridized carbons (Fsp3) is 0.500. The SMILES string of the molecule is [CH2]CNCC(C(=O)O)C(=O)O.